The highest BCUT2D eigenvalue weighted by molar-refractivity contribution is 5.84. The second-order valence-corrected chi connectivity index (χ2v) is 5.78. The van der Waals surface area contributed by atoms with E-state index in [1.807, 2.05) is 0 Å². The summed E-state index contributed by atoms with van der Waals surface area (Å²) in [6.07, 6.45) is 5.82. The number of H-pyrrole nitrogens is 1. The van der Waals surface area contributed by atoms with Gasteiger partial charge in [-0.3, -0.25) is 10.2 Å². The Kier molecular flexibility index (Phi) is 9.57. The molecule has 0 aromatic carbocycles. The average Bonchev–Trinajstić information content (AvgIpc) is 3.12. The van der Waals surface area contributed by atoms with Crippen molar-refractivity contribution in [3.8, 4) is 0 Å². The fourth-order valence-electron chi connectivity index (χ4n) is 2.13. The number of nitrogens with zero attached hydrogens (tertiary/aromatic N) is 1. The molecule has 1 aromatic rings. The van der Waals surface area contributed by atoms with Crippen LogP contribution in [-0.2, 0) is 20.8 Å². The monoisotopic (exact) mass is 366 g/mol. The number of amides is 1. The number of nitrogens with two attached hydrogens (primary N) is 1. The predicted octanol–water partition coefficient (Wildman–Crippen LogP) is -2.05. The average molecular weight is 366 g/mol. The maximum atomic E-state index is 12.3. The molecule has 0 aliphatic heterocycles. The summed E-state index contributed by atoms with van der Waals surface area (Å²) in [6.45, 7) is 1.99. The molecule has 3 atom stereocenters. The lowest BCUT2D eigenvalue weighted by atomic mass is 10.1. The molecule has 0 saturated heterocycles. The van der Waals surface area contributed by atoms with Crippen LogP contribution in [0.2, 0.25) is 0 Å². The van der Waals surface area contributed by atoms with Gasteiger partial charge in [0.25, 0.3) is 0 Å². The lowest BCUT2D eigenvalue weighted by Crippen LogP contribution is -2.55. The van der Waals surface area contributed by atoms with Gasteiger partial charge in [-0.1, -0.05) is 0 Å². The highest BCUT2D eigenvalue weighted by Crippen LogP contribution is 1.99. The number of carbonyl (C=O) groups excluding carboxylic acids is 3. The molecule has 0 bridgehead atoms. The molecule has 0 radical (unpaired) electrons. The Morgan fingerprint density at radius 3 is 2.73 bits per heavy atom. The molecule has 11 nitrogen and oxygen atoms in total. The van der Waals surface area contributed by atoms with Gasteiger partial charge >= 0.3 is 0 Å². The van der Waals surface area contributed by atoms with Crippen molar-refractivity contribution in [2.24, 2.45) is 5.73 Å². The van der Waals surface area contributed by atoms with E-state index >= 15 is 0 Å². The minimum absolute atomic E-state index is 0.146. The van der Waals surface area contributed by atoms with Crippen LogP contribution in [0.4, 0.5) is 0 Å². The van der Waals surface area contributed by atoms with Crippen molar-refractivity contribution in [2.75, 3.05) is 6.54 Å². The zero-order chi connectivity index (χ0) is 19.4. The number of guanidine groups is 1. The van der Waals surface area contributed by atoms with Crippen molar-refractivity contribution in [3.63, 3.8) is 0 Å². The summed E-state index contributed by atoms with van der Waals surface area (Å²) >= 11 is 0. The first-order chi connectivity index (χ1) is 12.5. The van der Waals surface area contributed by atoms with Crippen molar-refractivity contribution in [3.05, 3.63) is 18.2 Å². The number of hydrogen-bond donors (Lipinski definition) is 7. The number of aromatic amines is 1. The summed E-state index contributed by atoms with van der Waals surface area (Å²) in [5.74, 6) is -0.515. The first kappa shape index (κ1) is 21.3. The summed E-state index contributed by atoms with van der Waals surface area (Å²) in [5, 5.41) is 12.3. The van der Waals surface area contributed by atoms with Gasteiger partial charge in [0.2, 0.25) is 5.91 Å². The Bertz CT molecular complexity index is 577. The van der Waals surface area contributed by atoms with E-state index in [4.69, 9.17) is 11.1 Å². The van der Waals surface area contributed by atoms with Gasteiger partial charge in [-0.25, -0.2) is 15.8 Å². The normalized spacial score (nSPS) is 14.0. The quantitative estimate of drug-likeness (QED) is 0.0685. The summed E-state index contributed by atoms with van der Waals surface area (Å²) in [7, 11) is 0. The first-order valence-corrected chi connectivity index (χ1v) is 8.23. The molecule has 1 rings (SSSR count). The SMILES string of the molecule is C[C@@H](C=O)NC(=O)[C@H](CCCNC(=N)N)NN[C@H](C=O)Cc1cnc[nH]1. The standard InChI is InChI=1S/C15H26N8O3/c1-10(7-24)21-14(26)13(3-2-4-19-15(16)17)23-22-12(8-25)5-11-6-18-9-20-11/h6-10,12-13,22-23H,2-5H2,1H3,(H,18,20)(H,21,26)(H4,16,17,19)/t10-,12-,13-/m0/s1. The number of hydrogen-bond acceptors (Lipinski definition) is 7. The maximum absolute atomic E-state index is 12.3. The molecular weight excluding hydrogens is 340 g/mol. The Balaban J connectivity index is 2.57. The molecule has 1 aromatic heterocycles. The number of hydrazine groups is 1. The van der Waals surface area contributed by atoms with Crippen LogP contribution < -0.4 is 27.2 Å². The van der Waals surface area contributed by atoms with Crippen LogP contribution >= 0.6 is 0 Å². The molecule has 0 spiro atoms. The highest BCUT2D eigenvalue weighted by atomic mass is 16.2. The molecule has 0 fully saturated rings. The number of imidazole rings is 1. The Morgan fingerprint density at radius 1 is 1.38 bits per heavy atom. The zero-order valence-corrected chi connectivity index (χ0v) is 14.6. The van der Waals surface area contributed by atoms with Gasteiger partial charge in [-0.15, -0.1) is 0 Å². The van der Waals surface area contributed by atoms with E-state index in [9.17, 15) is 14.4 Å². The van der Waals surface area contributed by atoms with Gasteiger partial charge < -0.3 is 30.9 Å². The van der Waals surface area contributed by atoms with Crippen LogP contribution in [0.3, 0.4) is 0 Å². The Hall–Kier alpha value is -2.79. The lowest BCUT2D eigenvalue weighted by molar-refractivity contribution is -0.126. The van der Waals surface area contributed by atoms with Gasteiger partial charge in [0.15, 0.2) is 5.96 Å². The second-order valence-electron chi connectivity index (χ2n) is 5.78. The number of rotatable bonds is 13. The molecule has 1 heterocycles. The summed E-state index contributed by atoms with van der Waals surface area (Å²) in [4.78, 5) is 41.1. The van der Waals surface area contributed by atoms with Gasteiger partial charge in [0.1, 0.15) is 18.6 Å². The van der Waals surface area contributed by atoms with E-state index in [1.165, 1.54) is 6.33 Å². The largest absolute Gasteiger partial charge is 0.370 e. The summed E-state index contributed by atoms with van der Waals surface area (Å²) in [5.41, 5.74) is 11.7. The van der Waals surface area contributed by atoms with E-state index in [0.29, 0.717) is 32.1 Å². The molecule has 11 heteroatoms. The molecule has 1 amide bonds. The Labute approximate surface area is 151 Å². The van der Waals surface area contributed by atoms with E-state index in [-0.39, 0.29) is 11.9 Å². The molecule has 8 N–H and O–H groups in total. The third-order valence-electron chi connectivity index (χ3n) is 3.48. The fraction of sp³-hybridized carbons (Fsp3) is 0.533. The van der Waals surface area contributed by atoms with E-state index in [1.54, 1.807) is 13.1 Å². The molecule has 0 saturated carbocycles. The van der Waals surface area contributed by atoms with Crippen LogP contribution in [0.5, 0.6) is 0 Å². The smallest absolute Gasteiger partial charge is 0.239 e. The molecule has 26 heavy (non-hydrogen) atoms. The van der Waals surface area contributed by atoms with Crippen LogP contribution in [0, 0.1) is 5.41 Å². The minimum atomic E-state index is -0.671. The Morgan fingerprint density at radius 2 is 2.15 bits per heavy atom. The van der Waals surface area contributed by atoms with E-state index in [0.717, 1.165) is 12.0 Å². The van der Waals surface area contributed by atoms with Crippen LogP contribution in [0.1, 0.15) is 25.5 Å². The first-order valence-electron chi connectivity index (χ1n) is 8.23. The van der Waals surface area contributed by atoms with Gasteiger partial charge in [-0.2, -0.15) is 0 Å². The number of aldehydes is 2. The van der Waals surface area contributed by atoms with Crippen molar-refractivity contribution in [2.45, 2.75) is 44.3 Å². The van der Waals surface area contributed by atoms with Crippen LogP contribution in [-0.4, -0.2) is 59.1 Å². The van der Waals surface area contributed by atoms with Crippen molar-refractivity contribution in [1.29, 1.82) is 5.41 Å². The lowest BCUT2D eigenvalue weighted by Gasteiger charge is -2.22. The number of nitrogens with one attached hydrogen (secondary N) is 6. The number of aromatic nitrogens is 2. The third kappa shape index (κ3) is 8.35. The second kappa shape index (κ2) is 11.7. The molecule has 0 aliphatic rings. The fourth-order valence-corrected chi connectivity index (χ4v) is 2.13. The third-order valence-corrected chi connectivity index (χ3v) is 3.48. The van der Waals surface area contributed by atoms with Crippen molar-refractivity contribution >= 4 is 24.4 Å². The predicted molar refractivity (Wildman–Crippen MR) is 95.0 cm³/mol. The van der Waals surface area contributed by atoms with E-state index < -0.39 is 18.1 Å². The molecular formula is C15H26N8O3. The summed E-state index contributed by atoms with van der Waals surface area (Å²) in [6, 6.07) is -1.85. The van der Waals surface area contributed by atoms with Gasteiger partial charge in [0, 0.05) is 24.9 Å². The summed E-state index contributed by atoms with van der Waals surface area (Å²) < 4.78 is 0. The molecule has 144 valence electrons. The highest BCUT2D eigenvalue weighted by Gasteiger charge is 2.21. The van der Waals surface area contributed by atoms with E-state index in [2.05, 4.69) is 31.5 Å². The minimum Gasteiger partial charge on any atom is -0.370 e. The van der Waals surface area contributed by atoms with Gasteiger partial charge in [-0.05, 0) is 19.8 Å². The molecule has 0 aliphatic carbocycles. The zero-order valence-electron chi connectivity index (χ0n) is 14.6. The number of carbonyl (C=O) groups is 3. The van der Waals surface area contributed by atoms with Crippen LogP contribution in [0.15, 0.2) is 12.5 Å². The molecule has 0 unspecified atom stereocenters. The topological polar surface area (TPSA) is 178 Å². The maximum Gasteiger partial charge on any atom is 0.239 e. The van der Waals surface area contributed by atoms with Gasteiger partial charge in [0.05, 0.1) is 18.4 Å². The van der Waals surface area contributed by atoms with Crippen molar-refractivity contribution in [1.82, 2.24) is 31.5 Å². The van der Waals surface area contributed by atoms with Crippen molar-refractivity contribution < 1.29 is 14.4 Å². The van der Waals surface area contributed by atoms with Crippen LogP contribution in [0.25, 0.3) is 0 Å².